The Balaban J connectivity index is 1.38. The van der Waals surface area contributed by atoms with Gasteiger partial charge in [-0.1, -0.05) is 60.7 Å². The summed E-state index contributed by atoms with van der Waals surface area (Å²) >= 11 is 0. The van der Waals surface area contributed by atoms with Gasteiger partial charge in [0.1, 0.15) is 5.78 Å². The van der Waals surface area contributed by atoms with Crippen molar-refractivity contribution in [1.82, 2.24) is 4.98 Å². The summed E-state index contributed by atoms with van der Waals surface area (Å²) in [5.74, 6) is 0.0488. The van der Waals surface area contributed by atoms with E-state index >= 15 is 0 Å². The summed E-state index contributed by atoms with van der Waals surface area (Å²) in [6.45, 7) is 0. The van der Waals surface area contributed by atoms with E-state index in [1.165, 1.54) is 5.56 Å². The van der Waals surface area contributed by atoms with Gasteiger partial charge in [0, 0.05) is 25.0 Å². The van der Waals surface area contributed by atoms with Gasteiger partial charge < -0.3 is 4.90 Å². The minimum absolute atomic E-state index is 0.0207. The number of nitrogens with zero attached hydrogens (tertiary/aromatic N) is 2. The van der Waals surface area contributed by atoms with Gasteiger partial charge in [-0.2, -0.15) is 0 Å². The maximum Gasteiger partial charge on any atom is 0.233 e. The number of benzene rings is 2. The van der Waals surface area contributed by atoms with E-state index in [2.05, 4.69) is 17.1 Å². The third kappa shape index (κ3) is 3.15. The second-order valence-corrected chi connectivity index (χ2v) is 7.91. The van der Waals surface area contributed by atoms with Crippen LogP contribution in [0.25, 0.3) is 0 Å². The predicted octanol–water partition coefficient (Wildman–Crippen LogP) is 3.95. The number of carbonyl (C=O) groups excluding carboxylic acids is 2. The van der Waals surface area contributed by atoms with Crippen molar-refractivity contribution in [2.75, 3.05) is 4.90 Å². The van der Waals surface area contributed by atoms with E-state index in [0.29, 0.717) is 12.8 Å². The fourth-order valence-electron chi connectivity index (χ4n) is 4.80. The second kappa shape index (κ2) is 7.28. The molecule has 0 aliphatic carbocycles. The molecule has 0 radical (unpaired) electrons. The first-order valence-electron chi connectivity index (χ1n) is 10.1. The molecule has 1 saturated heterocycles. The molecule has 3 unspecified atom stereocenters. The van der Waals surface area contributed by atoms with Crippen LogP contribution in [0.15, 0.2) is 79.0 Å². The highest BCUT2D eigenvalue weighted by Crippen LogP contribution is 2.51. The SMILES string of the molecule is O=C(Cc1ccccc1)CC1C(=O)N2c3cccnc3C(Cc3ccccc3)C12. The Kier molecular flexibility index (Phi) is 4.47. The molecule has 3 atom stereocenters. The van der Waals surface area contributed by atoms with Crippen molar-refractivity contribution in [2.24, 2.45) is 5.92 Å². The summed E-state index contributed by atoms with van der Waals surface area (Å²) in [4.78, 5) is 32.1. The Bertz CT molecular complexity index is 1050. The van der Waals surface area contributed by atoms with Crippen LogP contribution in [0.1, 0.15) is 29.2 Å². The molecule has 3 heterocycles. The van der Waals surface area contributed by atoms with E-state index in [0.717, 1.165) is 23.4 Å². The van der Waals surface area contributed by atoms with Crippen molar-refractivity contribution in [3.05, 3.63) is 95.8 Å². The molecule has 0 saturated carbocycles. The van der Waals surface area contributed by atoms with Crippen molar-refractivity contribution in [3.63, 3.8) is 0 Å². The predicted molar refractivity (Wildman–Crippen MR) is 112 cm³/mol. The van der Waals surface area contributed by atoms with Crippen molar-refractivity contribution < 1.29 is 9.59 Å². The number of Topliss-reactive ketones (excluding diaryl/α,β-unsaturated/α-hetero) is 1. The van der Waals surface area contributed by atoms with Crippen LogP contribution in [-0.4, -0.2) is 22.7 Å². The number of β-lactam (4-membered cyclic amide) rings is 1. The number of pyridine rings is 1. The standard InChI is InChI=1S/C25H22N2O2/c28-19(14-17-8-3-1-4-9-17)16-21-24-20(15-18-10-5-2-6-11-18)23-22(12-7-13-26-23)27(24)25(21)29/h1-13,20-21,24H,14-16H2. The molecule has 0 bridgehead atoms. The summed E-state index contributed by atoms with van der Waals surface area (Å²) in [5.41, 5.74) is 4.12. The molecule has 2 aromatic carbocycles. The number of fused-ring (bicyclic) bond motifs is 3. The number of ketones is 1. The summed E-state index contributed by atoms with van der Waals surface area (Å²) < 4.78 is 0. The number of hydrogen-bond donors (Lipinski definition) is 0. The largest absolute Gasteiger partial charge is 0.306 e. The highest BCUT2D eigenvalue weighted by molar-refractivity contribution is 6.07. The molecule has 1 aromatic heterocycles. The Hall–Kier alpha value is -3.27. The highest BCUT2D eigenvalue weighted by Gasteiger charge is 2.57. The van der Waals surface area contributed by atoms with Gasteiger partial charge >= 0.3 is 0 Å². The zero-order valence-electron chi connectivity index (χ0n) is 16.1. The number of amides is 1. The fourth-order valence-corrected chi connectivity index (χ4v) is 4.80. The quantitative estimate of drug-likeness (QED) is 0.607. The lowest BCUT2D eigenvalue weighted by Gasteiger charge is -2.45. The number of hydrogen-bond acceptors (Lipinski definition) is 3. The molecule has 0 spiro atoms. The van der Waals surface area contributed by atoms with E-state index in [1.54, 1.807) is 6.20 Å². The molecule has 29 heavy (non-hydrogen) atoms. The smallest absolute Gasteiger partial charge is 0.233 e. The first-order valence-corrected chi connectivity index (χ1v) is 10.1. The number of rotatable bonds is 6. The van der Waals surface area contributed by atoms with E-state index in [4.69, 9.17) is 0 Å². The van der Waals surface area contributed by atoms with E-state index in [-0.39, 0.29) is 29.6 Å². The molecule has 5 rings (SSSR count). The van der Waals surface area contributed by atoms with Crippen molar-refractivity contribution in [1.29, 1.82) is 0 Å². The van der Waals surface area contributed by atoms with Crippen LogP contribution in [0.4, 0.5) is 5.69 Å². The number of carbonyl (C=O) groups is 2. The lowest BCUT2D eigenvalue weighted by molar-refractivity contribution is -0.134. The van der Waals surface area contributed by atoms with E-state index in [9.17, 15) is 9.59 Å². The van der Waals surface area contributed by atoms with Crippen molar-refractivity contribution in [2.45, 2.75) is 31.2 Å². The topological polar surface area (TPSA) is 50.3 Å². The molecule has 1 fully saturated rings. The first-order chi connectivity index (χ1) is 14.2. The summed E-state index contributed by atoms with van der Waals surface area (Å²) in [6.07, 6.45) is 3.30. The van der Waals surface area contributed by atoms with Crippen LogP contribution in [0, 0.1) is 5.92 Å². The first kappa shape index (κ1) is 17.8. The highest BCUT2D eigenvalue weighted by atomic mass is 16.2. The summed E-state index contributed by atoms with van der Waals surface area (Å²) in [5, 5.41) is 0. The van der Waals surface area contributed by atoms with Crippen LogP contribution < -0.4 is 4.90 Å². The average Bonchev–Trinajstić information content (AvgIpc) is 3.04. The Morgan fingerprint density at radius 2 is 1.55 bits per heavy atom. The van der Waals surface area contributed by atoms with E-state index < -0.39 is 0 Å². The lowest BCUT2D eigenvalue weighted by atomic mass is 9.76. The maximum atomic E-state index is 12.9. The third-order valence-electron chi connectivity index (χ3n) is 6.09. The molecule has 3 aromatic rings. The van der Waals surface area contributed by atoms with Gasteiger partial charge in [-0.25, -0.2) is 0 Å². The van der Waals surface area contributed by atoms with Gasteiger partial charge in [0.05, 0.1) is 23.3 Å². The minimum Gasteiger partial charge on any atom is -0.306 e. The van der Waals surface area contributed by atoms with Crippen LogP contribution in [0.2, 0.25) is 0 Å². The van der Waals surface area contributed by atoms with Crippen LogP contribution in [-0.2, 0) is 22.4 Å². The van der Waals surface area contributed by atoms with Gasteiger partial charge in [0.25, 0.3) is 0 Å². The lowest BCUT2D eigenvalue weighted by Crippen LogP contribution is -2.61. The van der Waals surface area contributed by atoms with Crippen LogP contribution in [0.5, 0.6) is 0 Å². The Morgan fingerprint density at radius 1 is 0.862 bits per heavy atom. The van der Waals surface area contributed by atoms with Crippen LogP contribution >= 0.6 is 0 Å². The summed E-state index contributed by atoms with van der Waals surface area (Å²) in [6, 6.07) is 23.9. The van der Waals surface area contributed by atoms with Gasteiger partial charge in [-0.15, -0.1) is 0 Å². The molecule has 0 N–H and O–H groups in total. The van der Waals surface area contributed by atoms with Crippen molar-refractivity contribution in [3.8, 4) is 0 Å². The maximum absolute atomic E-state index is 12.9. The molecular formula is C25H22N2O2. The Labute approximate surface area is 170 Å². The molecular weight excluding hydrogens is 360 g/mol. The monoisotopic (exact) mass is 382 g/mol. The van der Waals surface area contributed by atoms with Crippen LogP contribution in [0.3, 0.4) is 0 Å². The Morgan fingerprint density at radius 3 is 2.28 bits per heavy atom. The molecule has 1 amide bonds. The normalized spacial score (nSPS) is 22.0. The number of aromatic nitrogens is 1. The van der Waals surface area contributed by atoms with E-state index in [1.807, 2.05) is 65.6 Å². The molecule has 4 nitrogen and oxygen atoms in total. The third-order valence-corrected chi connectivity index (χ3v) is 6.09. The zero-order chi connectivity index (χ0) is 19.8. The molecule has 2 aliphatic heterocycles. The van der Waals surface area contributed by atoms with Gasteiger partial charge in [-0.3, -0.25) is 14.6 Å². The molecule has 144 valence electrons. The molecule has 2 aliphatic rings. The van der Waals surface area contributed by atoms with Gasteiger partial charge in [-0.05, 0) is 29.7 Å². The molecule has 4 heteroatoms. The zero-order valence-corrected chi connectivity index (χ0v) is 16.1. The van der Waals surface area contributed by atoms with Gasteiger partial charge in [0.15, 0.2) is 0 Å². The summed E-state index contributed by atoms with van der Waals surface area (Å²) in [7, 11) is 0. The van der Waals surface area contributed by atoms with Crippen molar-refractivity contribution >= 4 is 17.4 Å². The average molecular weight is 382 g/mol. The minimum atomic E-state index is -0.255. The van der Waals surface area contributed by atoms with Gasteiger partial charge in [0.2, 0.25) is 5.91 Å². The second-order valence-electron chi connectivity index (χ2n) is 7.91. The fraction of sp³-hybridized carbons (Fsp3) is 0.240. The number of anilines is 1.